The Morgan fingerprint density at radius 3 is 2.78 bits per heavy atom. The topological polar surface area (TPSA) is 89.9 Å². The largest absolute Gasteiger partial charge is 0.480 e. The van der Waals surface area contributed by atoms with Crippen molar-refractivity contribution in [1.82, 2.24) is 10.2 Å². The molecular formula is C12H18N2O4. The first-order valence-electron chi connectivity index (χ1n) is 5.94. The van der Waals surface area contributed by atoms with Gasteiger partial charge in [-0.15, -0.1) is 12.3 Å². The van der Waals surface area contributed by atoms with E-state index < -0.39 is 18.0 Å². The summed E-state index contributed by atoms with van der Waals surface area (Å²) in [5.41, 5.74) is 0. The van der Waals surface area contributed by atoms with Crippen LogP contribution in [0.5, 0.6) is 0 Å². The molecule has 0 radical (unpaired) electrons. The van der Waals surface area contributed by atoms with E-state index in [0.717, 1.165) is 19.3 Å². The van der Waals surface area contributed by atoms with Crippen LogP contribution in [-0.4, -0.2) is 52.3 Å². The number of likely N-dealkylation sites (tertiary alicyclic amines) is 1. The molecule has 1 saturated heterocycles. The Labute approximate surface area is 106 Å². The number of aliphatic hydroxyl groups is 1. The van der Waals surface area contributed by atoms with Crippen LogP contribution in [-0.2, 0) is 4.79 Å². The molecule has 6 nitrogen and oxygen atoms in total. The SMILES string of the molecule is C#CCC(NC(=O)N1CCCCC1CO)C(=O)O. The molecule has 0 saturated carbocycles. The lowest BCUT2D eigenvalue weighted by Gasteiger charge is -2.35. The molecule has 18 heavy (non-hydrogen) atoms. The molecule has 0 aliphatic carbocycles. The van der Waals surface area contributed by atoms with E-state index in [1.807, 2.05) is 0 Å². The molecule has 0 aromatic rings. The maximum absolute atomic E-state index is 11.9. The zero-order chi connectivity index (χ0) is 13.5. The molecule has 6 heteroatoms. The molecule has 3 N–H and O–H groups in total. The van der Waals surface area contributed by atoms with Crippen LogP contribution in [0.1, 0.15) is 25.7 Å². The van der Waals surface area contributed by atoms with E-state index in [9.17, 15) is 14.7 Å². The van der Waals surface area contributed by atoms with Crippen molar-refractivity contribution in [2.45, 2.75) is 37.8 Å². The van der Waals surface area contributed by atoms with Gasteiger partial charge in [-0.2, -0.15) is 0 Å². The average molecular weight is 254 g/mol. The van der Waals surface area contributed by atoms with E-state index in [0.29, 0.717) is 6.54 Å². The second-order valence-corrected chi connectivity index (χ2v) is 4.27. The first-order chi connectivity index (χ1) is 8.60. The van der Waals surface area contributed by atoms with Crippen molar-refractivity contribution in [2.24, 2.45) is 0 Å². The van der Waals surface area contributed by atoms with Crippen molar-refractivity contribution in [3.8, 4) is 12.3 Å². The molecule has 2 unspecified atom stereocenters. The van der Waals surface area contributed by atoms with Crippen LogP contribution in [0, 0.1) is 12.3 Å². The van der Waals surface area contributed by atoms with Gasteiger partial charge in [-0.1, -0.05) is 0 Å². The van der Waals surface area contributed by atoms with Crippen LogP contribution < -0.4 is 5.32 Å². The number of nitrogens with zero attached hydrogens (tertiary/aromatic N) is 1. The van der Waals surface area contributed by atoms with Crippen molar-refractivity contribution in [1.29, 1.82) is 0 Å². The molecule has 2 amide bonds. The number of aliphatic hydroxyl groups excluding tert-OH is 1. The Hall–Kier alpha value is -1.74. The number of aliphatic carboxylic acids is 1. The van der Waals surface area contributed by atoms with E-state index in [1.165, 1.54) is 4.90 Å². The zero-order valence-corrected chi connectivity index (χ0v) is 10.1. The summed E-state index contributed by atoms with van der Waals surface area (Å²) in [4.78, 5) is 24.3. The molecule has 100 valence electrons. The lowest BCUT2D eigenvalue weighted by atomic mass is 10.0. The summed E-state index contributed by atoms with van der Waals surface area (Å²) in [6.07, 6.45) is 7.55. The number of carbonyl (C=O) groups excluding carboxylic acids is 1. The van der Waals surface area contributed by atoms with Gasteiger partial charge in [-0.25, -0.2) is 9.59 Å². The molecule has 0 spiro atoms. The van der Waals surface area contributed by atoms with E-state index in [1.54, 1.807) is 0 Å². The molecule has 1 aliphatic heterocycles. The lowest BCUT2D eigenvalue weighted by Crippen LogP contribution is -2.53. The number of terminal acetylenes is 1. The predicted molar refractivity (Wildman–Crippen MR) is 64.8 cm³/mol. The van der Waals surface area contributed by atoms with Crippen LogP contribution in [0.4, 0.5) is 4.79 Å². The van der Waals surface area contributed by atoms with E-state index in [4.69, 9.17) is 11.5 Å². The Kier molecular flexibility index (Phi) is 5.46. The number of piperidine rings is 1. The van der Waals surface area contributed by atoms with Gasteiger partial charge in [0.05, 0.1) is 12.6 Å². The Morgan fingerprint density at radius 1 is 1.50 bits per heavy atom. The van der Waals surface area contributed by atoms with Crippen LogP contribution >= 0.6 is 0 Å². The number of rotatable bonds is 4. The first kappa shape index (κ1) is 14.3. The normalized spacial score (nSPS) is 20.9. The van der Waals surface area contributed by atoms with E-state index in [2.05, 4.69) is 11.2 Å². The van der Waals surface area contributed by atoms with Crippen molar-refractivity contribution in [3.63, 3.8) is 0 Å². The Balaban J connectivity index is 2.62. The summed E-state index contributed by atoms with van der Waals surface area (Å²) in [5.74, 6) is 1.07. The maximum atomic E-state index is 11.9. The van der Waals surface area contributed by atoms with E-state index >= 15 is 0 Å². The number of carboxylic acids is 1. The lowest BCUT2D eigenvalue weighted by molar-refractivity contribution is -0.139. The summed E-state index contributed by atoms with van der Waals surface area (Å²) in [6, 6.07) is -1.79. The predicted octanol–water partition coefficient (Wildman–Crippen LogP) is 0.0193. The summed E-state index contributed by atoms with van der Waals surface area (Å²) in [7, 11) is 0. The van der Waals surface area contributed by atoms with Crippen LogP contribution in [0.25, 0.3) is 0 Å². The molecule has 2 atom stereocenters. The van der Waals surface area contributed by atoms with Gasteiger partial charge >= 0.3 is 12.0 Å². The molecular weight excluding hydrogens is 236 g/mol. The van der Waals surface area contributed by atoms with Crippen LogP contribution in [0.3, 0.4) is 0 Å². The van der Waals surface area contributed by atoms with Gasteiger partial charge in [0, 0.05) is 13.0 Å². The van der Waals surface area contributed by atoms with Gasteiger partial charge in [0.1, 0.15) is 6.04 Å². The van der Waals surface area contributed by atoms with Crippen molar-refractivity contribution < 1.29 is 19.8 Å². The third kappa shape index (κ3) is 3.64. The number of hydrogen-bond acceptors (Lipinski definition) is 3. The zero-order valence-electron chi connectivity index (χ0n) is 10.1. The maximum Gasteiger partial charge on any atom is 0.327 e. The van der Waals surface area contributed by atoms with Crippen molar-refractivity contribution >= 4 is 12.0 Å². The van der Waals surface area contributed by atoms with E-state index in [-0.39, 0.29) is 19.1 Å². The van der Waals surface area contributed by atoms with Crippen molar-refractivity contribution in [2.75, 3.05) is 13.2 Å². The molecule has 1 rings (SSSR count). The fourth-order valence-electron chi connectivity index (χ4n) is 2.01. The number of carboxylic acid groups (broad SMARTS) is 1. The highest BCUT2D eigenvalue weighted by molar-refractivity contribution is 5.83. The standard InChI is InChI=1S/C12H18N2O4/c1-2-5-10(11(16)17)13-12(18)14-7-4-3-6-9(14)8-15/h1,9-10,15H,3-8H2,(H,13,18)(H,16,17). The van der Waals surface area contributed by atoms with Gasteiger partial charge < -0.3 is 20.4 Å². The van der Waals surface area contributed by atoms with Gasteiger partial charge in [0.25, 0.3) is 0 Å². The van der Waals surface area contributed by atoms with Gasteiger partial charge in [0.15, 0.2) is 0 Å². The van der Waals surface area contributed by atoms with Gasteiger partial charge in [-0.05, 0) is 19.3 Å². The van der Waals surface area contributed by atoms with Gasteiger partial charge in [-0.3, -0.25) is 0 Å². The van der Waals surface area contributed by atoms with Crippen LogP contribution in [0.15, 0.2) is 0 Å². The second kappa shape index (κ2) is 6.87. The Bertz CT molecular complexity index is 350. The van der Waals surface area contributed by atoms with Gasteiger partial charge in [0.2, 0.25) is 0 Å². The molecule has 1 heterocycles. The number of carbonyl (C=O) groups is 2. The molecule has 0 bridgehead atoms. The Morgan fingerprint density at radius 2 is 2.22 bits per heavy atom. The highest BCUT2D eigenvalue weighted by Crippen LogP contribution is 2.16. The summed E-state index contributed by atoms with van der Waals surface area (Å²) < 4.78 is 0. The molecule has 0 aromatic carbocycles. The second-order valence-electron chi connectivity index (χ2n) is 4.27. The highest BCUT2D eigenvalue weighted by Gasteiger charge is 2.28. The quantitative estimate of drug-likeness (QED) is 0.617. The third-order valence-electron chi connectivity index (χ3n) is 3.02. The first-order valence-corrected chi connectivity index (χ1v) is 5.94. The minimum atomic E-state index is -1.15. The molecule has 1 aliphatic rings. The molecule has 0 aromatic heterocycles. The average Bonchev–Trinajstić information content (AvgIpc) is 2.37. The molecule has 1 fully saturated rings. The summed E-state index contributed by atoms with van der Waals surface area (Å²) >= 11 is 0. The smallest absolute Gasteiger partial charge is 0.327 e. The fourth-order valence-corrected chi connectivity index (χ4v) is 2.01. The summed E-state index contributed by atoms with van der Waals surface area (Å²) in [5, 5.41) is 20.5. The number of hydrogen-bond donors (Lipinski definition) is 3. The van der Waals surface area contributed by atoms with Crippen molar-refractivity contribution in [3.05, 3.63) is 0 Å². The summed E-state index contributed by atoms with van der Waals surface area (Å²) in [6.45, 7) is 0.416. The minimum Gasteiger partial charge on any atom is -0.480 e. The monoisotopic (exact) mass is 254 g/mol. The number of nitrogens with one attached hydrogen (secondary N) is 1. The van der Waals surface area contributed by atoms with Crippen LogP contribution in [0.2, 0.25) is 0 Å². The fraction of sp³-hybridized carbons (Fsp3) is 0.667. The third-order valence-corrected chi connectivity index (χ3v) is 3.02. The number of amides is 2. The minimum absolute atomic E-state index is 0.0568. The number of urea groups is 1. The highest BCUT2D eigenvalue weighted by atomic mass is 16.4.